The first-order chi connectivity index (χ1) is 7.06. The Morgan fingerprint density at radius 1 is 1.12 bits per heavy atom. The van der Waals surface area contributed by atoms with E-state index in [1.807, 2.05) is 41.5 Å². The summed E-state index contributed by atoms with van der Waals surface area (Å²) >= 11 is 0. The van der Waals surface area contributed by atoms with Crippen molar-refractivity contribution in [1.82, 2.24) is 0 Å². The summed E-state index contributed by atoms with van der Waals surface area (Å²) in [5.41, 5.74) is -0.425. The third-order valence-corrected chi connectivity index (χ3v) is 2.38. The maximum Gasteiger partial charge on any atom is 0.140 e. The minimum Gasteiger partial charge on any atom is -0.372 e. The highest BCUT2D eigenvalue weighted by molar-refractivity contribution is 5.84. The Kier molecular flexibility index (Phi) is 5.67. The van der Waals surface area contributed by atoms with Gasteiger partial charge in [-0.3, -0.25) is 4.79 Å². The molecule has 0 aromatic heterocycles. The molecule has 1 unspecified atom stereocenters. The molecule has 0 saturated carbocycles. The van der Waals surface area contributed by atoms with Gasteiger partial charge in [0, 0.05) is 11.8 Å². The molecule has 0 aliphatic carbocycles. The van der Waals surface area contributed by atoms with Crippen LogP contribution in [0.15, 0.2) is 0 Å². The van der Waals surface area contributed by atoms with Crippen LogP contribution in [-0.4, -0.2) is 17.5 Å². The zero-order chi connectivity index (χ0) is 13.0. The summed E-state index contributed by atoms with van der Waals surface area (Å²) in [6.45, 7) is 14.1. The highest BCUT2D eigenvalue weighted by Gasteiger charge is 2.27. The van der Waals surface area contributed by atoms with Gasteiger partial charge >= 0.3 is 0 Å². The fraction of sp³-hybridized carbons (Fsp3) is 0.929. The average molecular weight is 228 g/mol. The number of hydrogen-bond acceptors (Lipinski definition) is 2. The van der Waals surface area contributed by atoms with E-state index in [0.29, 0.717) is 6.42 Å². The van der Waals surface area contributed by atoms with Crippen molar-refractivity contribution in [3.8, 4) is 0 Å². The molecule has 16 heavy (non-hydrogen) atoms. The van der Waals surface area contributed by atoms with Crippen LogP contribution >= 0.6 is 0 Å². The predicted molar refractivity (Wildman–Crippen MR) is 68.6 cm³/mol. The third-order valence-electron chi connectivity index (χ3n) is 2.38. The lowest BCUT2D eigenvalue weighted by molar-refractivity contribution is -0.133. The molecule has 0 aliphatic heterocycles. The van der Waals surface area contributed by atoms with E-state index in [0.717, 1.165) is 12.8 Å². The van der Waals surface area contributed by atoms with Crippen molar-refractivity contribution in [2.75, 3.05) is 0 Å². The van der Waals surface area contributed by atoms with E-state index in [2.05, 4.69) is 6.92 Å². The van der Waals surface area contributed by atoms with E-state index >= 15 is 0 Å². The summed E-state index contributed by atoms with van der Waals surface area (Å²) < 4.78 is 5.92. The van der Waals surface area contributed by atoms with Crippen LogP contribution in [0.1, 0.15) is 67.7 Å². The topological polar surface area (TPSA) is 26.3 Å². The van der Waals surface area contributed by atoms with Gasteiger partial charge in [-0.25, -0.2) is 0 Å². The molecule has 0 rings (SSSR count). The second-order valence-electron chi connectivity index (χ2n) is 6.52. The number of rotatable bonds is 5. The van der Waals surface area contributed by atoms with Crippen molar-refractivity contribution in [1.29, 1.82) is 0 Å². The Morgan fingerprint density at radius 3 is 1.94 bits per heavy atom. The molecule has 96 valence electrons. The van der Waals surface area contributed by atoms with Crippen LogP contribution in [0.25, 0.3) is 0 Å². The summed E-state index contributed by atoms with van der Waals surface area (Å²) in [4.78, 5) is 12.0. The van der Waals surface area contributed by atoms with Crippen LogP contribution in [0.5, 0.6) is 0 Å². The summed E-state index contributed by atoms with van der Waals surface area (Å²) in [6.07, 6.45) is 2.61. The van der Waals surface area contributed by atoms with Gasteiger partial charge in [-0.15, -0.1) is 0 Å². The number of hydrogen-bond donors (Lipinski definition) is 0. The van der Waals surface area contributed by atoms with E-state index in [4.69, 9.17) is 4.74 Å². The summed E-state index contributed by atoms with van der Waals surface area (Å²) in [5, 5.41) is 0. The highest BCUT2D eigenvalue weighted by Crippen LogP contribution is 2.23. The fourth-order valence-corrected chi connectivity index (χ4v) is 1.54. The molecule has 1 atom stereocenters. The maximum absolute atomic E-state index is 12.0. The molecule has 2 nitrogen and oxygen atoms in total. The lowest BCUT2D eigenvalue weighted by atomic mass is 9.87. The van der Waals surface area contributed by atoms with Gasteiger partial charge in [-0.05, 0) is 27.2 Å². The molecule has 0 aromatic carbocycles. The highest BCUT2D eigenvalue weighted by atomic mass is 16.5. The van der Waals surface area contributed by atoms with E-state index in [1.165, 1.54) is 0 Å². The quantitative estimate of drug-likeness (QED) is 0.711. The lowest BCUT2D eigenvalue weighted by Gasteiger charge is -2.29. The molecular weight excluding hydrogens is 200 g/mol. The van der Waals surface area contributed by atoms with Crippen molar-refractivity contribution in [2.24, 2.45) is 5.41 Å². The molecule has 0 N–H and O–H groups in total. The number of Topliss-reactive ketones (excluding diaryl/α,β-unsaturated/α-hetero) is 1. The summed E-state index contributed by atoms with van der Waals surface area (Å²) in [6, 6.07) is 0. The van der Waals surface area contributed by atoms with Gasteiger partial charge in [-0.1, -0.05) is 34.1 Å². The zero-order valence-corrected chi connectivity index (χ0v) is 12.0. The molecule has 0 radical (unpaired) electrons. The SMILES string of the molecule is CCCC(CC(=O)C(C)(C)C)OC(C)(C)C. The molecule has 0 heterocycles. The first-order valence-electron chi connectivity index (χ1n) is 6.27. The Labute approximate surface area is 101 Å². The molecular formula is C14H28O2. The smallest absolute Gasteiger partial charge is 0.140 e. The first-order valence-corrected chi connectivity index (χ1v) is 6.27. The maximum atomic E-state index is 12.0. The molecule has 0 fully saturated rings. The molecule has 0 saturated heterocycles. The zero-order valence-electron chi connectivity index (χ0n) is 12.0. The van der Waals surface area contributed by atoms with Crippen molar-refractivity contribution in [3.05, 3.63) is 0 Å². The lowest BCUT2D eigenvalue weighted by Crippen LogP contribution is -2.32. The largest absolute Gasteiger partial charge is 0.372 e. The van der Waals surface area contributed by atoms with Gasteiger partial charge < -0.3 is 4.74 Å². The van der Waals surface area contributed by atoms with E-state index < -0.39 is 0 Å². The van der Waals surface area contributed by atoms with Crippen LogP contribution in [0.3, 0.4) is 0 Å². The minimum atomic E-state index is -0.257. The second kappa shape index (κ2) is 5.81. The van der Waals surface area contributed by atoms with Crippen LogP contribution in [0.4, 0.5) is 0 Å². The normalized spacial score (nSPS) is 14.9. The molecule has 0 aliphatic rings. The van der Waals surface area contributed by atoms with Gasteiger partial charge in [0.05, 0.1) is 11.7 Å². The van der Waals surface area contributed by atoms with Gasteiger partial charge in [0.2, 0.25) is 0 Å². The van der Waals surface area contributed by atoms with Crippen LogP contribution in [0, 0.1) is 5.41 Å². The Bertz CT molecular complexity index is 218. The molecule has 0 amide bonds. The van der Waals surface area contributed by atoms with Crippen molar-refractivity contribution < 1.29 is 9.53 Å². The van der Waals surface area contributed by atoms with E-state index in [9.17, 15) is 4.79 Å². The predicted octanol–water partition coefficient (Wildman–Crippen LogP) is 3.98. The Morgan fingerprint density at radius 2 is 1.62 bits per heavy atom. The molecule has 2 heteroatoms. The minimum absolute atomic E-state index is 0.0664. The molecule has 0 aromatic rings. The number of carbonyl (C=O) groups excluding carboxylic acids is 1. The van der Waals surface area contributed by atoms with Crippen molar-refractivity contribution in [3.63, 3.8) is 0 Å². The second-order valence-corrected chi connectivity index (χ2v) is 6.52. The Hall–Kier alpha value is -0.370. The summed E-state index contributed by atoms with van der Waals surface area (Å²) in [7, 11) is 0. The number of ether oxygens (including phenoxy) is 1. The monoisotopic (exact) mass is 228 g/mol. The molecule has 0 bridgehead atoms. The van der Waals surface area contributed by atoms with Crippen molar-refractivity contribution >= 4 is 5.78 Å². The van der Waals surface area contributed by atoms with Gasteiger partial charge in [0.15, 0.2) is 0 Å². The molecule has 0 spiro atoms. The van der Waals surface area contributed by atoms with Gasteiger partial charge in [-0.2, -0.15) is 0 Å². The number of ketones is 1. The van der Waals surface area contributed by atoms with E-state index in [-0.39, 0.29) is 22.9 Å². The summed E-state index contributed by atoms with van der Waals surface area (Å²) in [5.74, 6) is 0.287. The average Bonchev–Trinajstić information content (AvgIpc) is 1.99. The van der Waals surface area contributed by atoms with Crippen LogP contribution < -0.4 is 0 Å². The van der Waals surface area contributed by atoms with Crippen LogP contribution in [-0.2, 0) is 9.53 Å². The Balaban J connectivity index is 4.40. The van der Waals surface area contributed by atoms with E-state index in [1.54, 1.807) is 0 Å². The van der Waals surface area contributed by atoms with Crippen molar-refractivity contribution in [2.45, 2.75) is 79.4 Å². The van der Waals surface area contributed by atoms with Gasteiger partial charge in [0.1, 0.15) is 5.78 Å². The third kappa shape index (κ3) is 7.00. The van der Waals surface area contributed by atoms with Crippen LogP contribution in [0.2, 0.25) is 0 Å². The first kappa shape index (κ1) is 15.6. The van der Waals surface area contributed by atoms with Gasteiger partial charge in [0.25, 0.3) is 0 Å². The fourth-order valence-electron chi connectivity index (χ4n) is 1.54. The standard InChI is InChI=1S/C14H28O2/c1-8-9-11(16-14(5,6)7)10-12(15)13(2,3)4/h11H,8-10H2,1-7H3. The number of carbonyl (C=O) groups is 1.